The van der Waals surface area contributed by atoms with E-state index in [9.17, 15) is 10.1 Å². The van der Waals surface area contributed by atoms with Gasteiger partial charge in [0, 0.05) is 11.8 Å². The molecule has 4 nitrogen and oxygen atoms in total. The highest BCUT2D eigenvalue weighted by molar-refractivity contribution is 5.81. The summed E-state index contributed by atoms with van der Waals surface area (Å²) in [5.74, 6) is -0.0232. The van der Waals surface area contributed by atoms with Gasteiger partial charge in [-0.3, -0.25) is 4.98 Å². The molecule has 0 N–H and O–H groups in total. The summed E-state index contributed by atoms with van der Waals surface area (Å²) in [6.07, 6.45) is 15.5. The molecule has 2 aromatic rings. The number of nitrogens with zero attached hydrogens (tertiary/aromatic N) is 2. The molecule has 0 amide bonds. The first-order valence-electron chi connectivity index (χ1n) is 12.7. The Morgan fingerprint density at radius 3 is 2.15 bits per heavy atom. The van der Waals surface area contributed by atoms with Crippen LogP contribution < -0.4 is 4.74 Å². The van der Waals surface area contributed by atoms with Crippen LogP contribution in [0.4, 0.5) is 0 Å². The van der Waals surface area contributed by atoms with Gasteiger partial charge in [0.05, 0.1) is 11.8 Å². The first kappa shape index (κ1) is 26.6. The van der Waals surface area contributed by atoms with E-state index in [-0.39, 0.29) is 0 Å². The molecule has 2 rings (SSSR count). The Bertz CT molecular complexity index is 868. The third-order valence-corrected chi connectivity index (χ3v) is 6.23. The molecular weight excluding hydrogens is 408 g/mol. The number of pyridine rings is 1. The molecular formula is C29H40N2O2. The lowest BCUT2D eigenvalue weighted by molar-refractivity contribution is -0.142. The van der Waals surface area contributed by atoms with Crippen molar-refractivity contribution in [1.29, 1.82) is 5.26 Å². The average Bonchev–Trinajstić information content (AvgIpc) is 2.84. The lowest BCUT2D eigenvalue weighted by Crippen LogP contribution is -2.30. The molecule has 1 aromatic carbocycles. The molecule has 178 valence electrons. The Balaban J connectivity index is 1.87. The van der Waals surface area contributed by atoms with Crippen LogP contribution in [0.3, 0.4) is 0 Å². The number of rotatable bonds is 15. The van der Waals surface area contributed by atoms with Gasteiger partial charge in [0.15, 0.2) is 5.41 Å². The Labute approximate surface area is 200 Å². The number of benzene rings is 1. The van der Waals surface area contributed by atoms with E-state index in [1.54, 1.807) is 19.1 Å². The highest BCUT2D eigenvalue weighted by Gasteiger charge is 2.35. The van der Waals surface area contributed by atoms with Crippen LogP contribution in [0.15, 0.2) is 42.6 Å². The van der Waals surface area contributed by atoms with Gasteiger partial charge in [-0.2, -0.15) is 5.26 Å². The van der Waals surface area contributed by atoms with Crippen molar-refractivity contribution in [3.8, 4) is 23.1 Å². The molecule has 0 saturated heterocycles. The van der Waals surface area contributed by atoms with Crippen LogP contribution in [0, 0.1) is 16.7 Å². The average molecular weight is 449 g/mol. The Hall–Kier alpha value is -2.67. The van der Waals surface area contributed by atoms with Gasteiger partial charge in [0.1, 0.15) is 5.75 Å². The zero-order valence-corrected chi connectivity index (χ0v) is 20.7. The van der Waals surface area contributed by atoms with Gasteiger partial charge in [-0.05, 0) is 62.1 Å². The minimum absolute atomic E-state index is 0.457. The van der Waals surface area contributed by atoms with E-state index < -0.39 is 11.4 Å². The van der Waals surface area contributed by atoms with Crippen molar-refractivity contribution in [2.45, 2.75) is 97.8 Å². The maximum atomic E-state index is 12.6. The number of aromatic nitrogens is 1. The molecule has 4 heteroatoms. The summed E-state index contributed by atoms with van der Waals surface area (Å²) in [7, 11) is 0. The van der Waals surface area contributed by atoms with Crippen molar-refractivity contribution in [2.75, 3.05) is 0 Å². The third-order valence-electron chi connectivity index (χ3n) is 6.23. The molecule has 0 radical (unpaired) electrons. The summed E-state index contributed by atoms with van der Waals surface area (Å²) in [5, 5.41) is 9.55. The van der Waals surface area contributed by atoms with Crippen molar-refractivity contribution in [3.63, 3.8) is 0 Å². The van der Waals surface area contributed by atoms with Gasteiger partial charge in [-0.25, -0.2) is 4.79 Å². The lowest BCUT2D eigenvalue weighted by atomic mass is 9.86. The molecule has 0 bridgehead atoms. The van der Waals surface area contributed by atoms with Gasteiger partial charge in [-0.15, -0.1) is 0 Å². The minimum Gasteiger partial charge on any atom is -0.425 e. The van der Waals surface area contributed by atoms with Gasteiger partial charge < -0.3 is 4.74 Å². The van der Waals surface area contributed by atoms with E-state index in [1.807, 2.05) is 18.3 Å². The van der Waals surface area contributed by atoms with E-state index in [1.165, 1.54) is 44.1 Å². The largest absolute Gasteiger partial charge is 0.425 e. The van der Waals surface area contributed by atoms with Crippen molar-refractivity contribution in [2.24, 2.45) is 5.41 Å². The van der Waals surface area contributed by atoms with Crippen molar-refractivity contribution >= 4 is 5.97 Å². The number of nitriles is 1. The van der Waals surface area contributed by atoms with Crippen LogP contribution in [0.25, 0.3) is 11.3 Å². The maximum absolute atomic E-state index is 12.6. The zero-order chi connectivity index (χ0) is 23.9. The van der Waals surface area contributed by atoms with Crippen molar-refractivity contribution in [3.05, 3.63) is 48.2 Å². The number of hydrogen-bond acceptors (Lipinski definition) is 4. The van der Waals surface area contributed by atoms with Gasteiger partial charge >= 0.3 is 5.97 Å². The number of carbonyl (C=O) groups is 1. The van der Waals surface area contributed by atoms with E-state index in [4.69, 9.17) is 4.74 Å². The number of carbonyl (C=O) groups excluding carboxylic acids is 1. The smallest absolute Gasteiger partial charge is 0.331 e. The Kier molecular flexibility index (Phi) is 11.7. The van der Waals surface area contributed by atoms with Crippen molar-refractivity contribution in [1.82, 2.24) is 4.98 Å². The number of hydrogen-bond donors (Lipinski definition) is 0. The molecule has 0 aliphatic carbocycles. The van der Waals surface area contributed by atoms with Crippen LogP contribution in [-0.2, 0) is 11.2 Å². The molecule has 1 aromatic heterocycles. The fraction of sp³-hybridized carbons (Fsp3) is 0.552. The number of ether oxygens (including phenoxy) is 1. The van der Waals surface area contributed by atoms with Crippen LogP contribution in [0.1, 0.15) is 97.0 Å². The third kappa shape index (κ3) is 9.00. The van der Waals surface area contributed by atoms with Crippen molar-refractivity contribution < 1.29 is 9.53 Å². The molecule has 0 aliphatic heterocycles. The second-order valence-electron chi connectivity index (χ2n) is 9.24. The van der Waals surface area contributed by atoms with Crippen LogP contribution in [0.5, 0.6) is 5.75 Å². The predicted molar refractivity (Wildman–Crippen MR) is 135 cm³/mol. The summed E-state index contributed by atoms with van der Waals surface area (Å²) in [5.41, 5.74) is 2.04. The Morgan fingerprint density at radius 1 is 0.909 bits per heavy atom. The predicted octanol–water partition coefficient (Wildman–Crippen LogP) is 8.06. The summed E-state index contributed by atoms with van der Waals surface area (Å²) in [6, 6.07) is 13.7. The SMILES string of the molecule is CCCCCCCCc1ccc(-c2ccc(OC(=O)C(C)(C#N)CCCCCC)cc2)nc1. The van der Waals surface area contributed by atoms with E-state index in [0.717, 1.165) is 43.4 Å². The number of aryl methyl sites for hydroxylation is 1. The summed E-state index contributed by atoms with van der Waals surface area (Å²) in [4.78, 5) is 17.2. The molecule has 0 fully saturated rings. The number of esters is 1. The summed E-state index contributed by atoms with van der Waals surface area (Å²) >= 11 is 0. The van der Waals surface area contributed by atoms with Crippen LogP contribution in [-0.4, -0.2) is 11.0 Å². The van der Waals surface area contributed by atoms with E-state index in [2.05, 4.69) is 37.0 Å². The molecule has 1 heterocycles. The molecule has 33 heavy (non-hydrogen) atoms. The molecule has 1 unspecified atom stereocenters. The molecule has 0 saturated carbocycles. The highest BCUT2D eigenvalue weighted by atomic mass is 16.5. The zero-order valence-electron chi connectivity index (χ0n) is 20.7. The molecule has 0 aliphatic rings. The standard InChI is InChI=1S/C29H40N2O2/c1-4-6-8-10-11-12-14-24-15-20-27(31-22-24)25-16-18-26(19-17-25)33-28(32)29(3,23-30)21-13-9-7-5-2/h15-20,22H,4-14,21H2,1-3H3. The van der Waals surface area contributed by atoms with Gasteiger partial charge in [0.2, 0.25) is 0 Å². The van der Waals surface area contributed by atoms with Gasteiger partial charge in [0.25, 0.3) is 0 Å². The van der Waals surface area contributed by atoms with Crippen LogP contribution in [0.2, 0.25) is 0 Å². The van der Waals surface area contributed by atoms with E-state index >= 15 is 0 Å². The maximum Gasteiger partial charge on any atom is 0.331 e. The molecule has 0 spiro atoms. The topological polar surface area (TPSA) is 63.0 Å². The quantitative estimate of drug-likeness (QED) is 0.157. The minimum atomic E-state index is -1.11. The second kappa shape index (κ2) is 14.5. The molecule has 1 atom stereocenters. The first-order valence-corrected chi connectivity index (χ1v) is 12.7. The highest BCUT2D eigenvalue weighted by Crippen LogP contribution is 2.28. The summed E-state index contributed by atoms with van der Waals surface area (Å²) in [6.45, 7) is 6.06. The monoisotopic (exact) mass is 448 g/mol. The summed E-state index contributed by atoms with van der Waals surface area (Å²) < 4.78 is 5.53. The van der Waals surface area contributed by atoms with E-state index in [0.29, 0.717) is 12.2 Å². The fourth-order valence-corrected chi connectivity index (χ4v) is 3.87. The normalized spacial score (nSPS) is 12.7. The fourth-order valence-electron chi connectivity index (χ4n) is 3.87. The number of unbranched alkanes of at least 4 members (excludes halogenated alkanes) is 8. The van der Waals surface area contributed by atoms with Gasteiger partial charge in [-0.1, -0.05) is 77.7 Å². The first-order chi connectivity index (χ1) is 16.0. The lowest BCUT2D eigenvalue weighted by Gasteiger charge is -2.19. The Morgan fingerprint density at radius 2 is 1.55 bits per heavy atom. The second-order valence-corrected chi connectivity index (χ2v) is 9.24. The van der Waals surface area contributed by atoms with Crippen LogP contribution >= 0.6 is 0 Å².